The van der Waals surface area contributed by atoms with Gasteiger partial charge in [-0.25, -0.2) is 4.98 Å². The molecule has 0 bridgehead atoms. The molecule has 1 aromatic heterocycles. The van der Waals surface area contributed by atoms with E-state index in [2.05, 4.69) is 32.4 Å². The number of aromatic nitrogens is 2. The minimum atomic E-state index is 0.129. The van der Waals surface area contributed by atoms with Crippen LogP contribution >= 0.6 is 15.9 Å². The van der Waals surface area contributed by atoms with Crippen molar-refractivity contribution >= 4 is 21.8 Å². The van der Waals surface area contributed by atoms with E-state index in [1.165, 1.54) is 18.4 Å². The van der Waals surface area contributed by atoms with Crippen molar-refractivity contribution in [3.8, 4) is 0 Å². The number of hydrogen-bond acceptors (Lipinski definition) is 2. The Labute approximate surface area is 115 Å². The highest BCUT2D eigenvalue weighted by atomic mass is 79.9. The molecule has 0 aromatic carbocycles. The number of halogens is 1. The molecule has 1 amide bonds. The first kappa shape index (κ1) is 12.0. The molecule has 96 valence electrons. The van der Waals surface area contributed by atoms with Crippen LogP contribution in [0.2, 0.25) is 0 Å². The van der Waals surface area contributed by atoms with Crippen molar-refractivity contribution in [3.63, 3.8) is 0 Å². The Kier molecular flexibility index (Phi) is 3.01. The average molecular weight is 310 g/mol. The fourth-order valence-corrected chi connectivity index (χ4v) is 2.84. The van der Waals surface area contributed by atoms with E-state index in [1.807, 2.05) is 11.0 Å². The van der Waals surface area contributed by atoms with Gasteiger partial charge in [-0.05, 0) is 41.6 Å². The summed E-state index contributed by atoms with van der Waals surface area (Å²) in [6, 6.07) is 0. The molecule has 4 nitrogen and oxygen atoms in total. The topological polar surface area (TPSA) is 38.1 Å². The van der Waals surface area contributed by atoms with Crippen molar-refractivity contribution in [2.45, 2.75) is 32.9 Å². The zero-order valence-corrected chi connectivity index (χ0v) is 12.0. The highest BCUT2D eigenvalue weighted by molar-refractivity contribution is 9.10. The van der Waals surface area contributed by atoms with Crippen molar-refractivity contribution in [2.75, 3.05) is 6.54 Å². The summed E-state index contributed by atoms with van der Waals surface area (Å²) < 4.78 is 3.11. The summed E-state index contributed by atoms with van der Waals surface area (Å²) in [5, 5.41) is 0. The lowest BCUT2D eigenvalue weighted by molar-refractivity contribution is -0.127. The van der Waals surface area contributed by atoms with Crippen LogP contribution in [-0.4, -0.2) is 26.9 Å². The van der Waals surface area contributed by atoms with E-state index in [1.54, 1.807) is 6.20 Å². The van der Waals surface area contributed by atoms with E-state index in [4.69, 9.17) is 0 Å². The Morgan fingerprint density at radius 3 is 3.00 bits per heavy atom. The SMILES string of the molecule is CC(=CC(=O)N1CCn2c(Br)cnc2C1)C1CC1. The second-order valence-corrected chi connectivity index (χ2v) is 5.88. The van der Waals surface area contributed by atoms with Crippen molar-refractivity contribution in [1.29, 1.82) is 0 Å². The summed E-state index contributed by atoms with van der Waals surface area (Å²) in [4.78, 5) is 18.4. The van der Waals surface area contributed by atoms with Crippen LogP contribution in [-0.2, 0) is 17.9 Å². The molecule has 2 heterocycles. The Bertz CT molecular complexity index is 516. The summed E-state index contributed by atoms with van der Waals surface area (Å²) in [7, 11) is 0. The van der Waals surface area contributed by atoms with Crippen LogP contribution in [0.5, 0.6) is 0 Å². The first-order valence-corrected chi connectivity index (χ1v) is 7.11. The third-order valence-corrected chi connectivity index (χ3v) is 4.33. The van der Waals surface area contributed by atoms with Gasteiger partial charge in [0.15, 0.2) is 0 Å². The predicted molar refractivity (Wildman–Crippen MR) is 71.8 cm³/mol. The highest BCUT2D eigenvalue weighted by Gasteiger charge is 2.26. The molecule has 0 spiro atoms. The van der Waals surface area contributed by atoms with Gasteiger partial charge in [0.05, 0.1) is 12.7 Å². The zero-order chi connectivity index (χ0) is 12.7. The summed E-state index contributed by atoms with van der Waals surface area (Å²) in [5.41, 5.74) is 1.23. The van der Waals surface area contributed by atoms with Crippen LogP contribution in [0.3, 0.4) is 0 Å². The fraction of sp³-hybridized carbons (Fsp3) is 0.538. The maximum atomic E-state index is 12.2. The van der Waals surface area contributed by atoms with E-state index >= 15 is 0 Å². The normalized spacial score (nSPS) is 19.9. The van der Waals surface area contributed by atoms with Crippen LogP contribution in [0, 0.1) is 5.92 Å². The van der Waals surface area contributed by atoms with Gasteiger partial charge >= 0.3 is 0 Å². The summed E-state index contributed by atoms with van der Waals surface area (Å²) >= 11 is 3.46. The van der Waals surface area contributed by atoms with Crippen LogP contribution in [0.15, 0.2) is 22.4 Å². The van der Waals surface area contributed by atoms with Gasteiger partial charge in [0.25, 0.3) is 0 Å². The molecule has 1 fully saturated rings. The van der Waals surface area contributed by atoms with Crippen molar-refractivity contribution < 1.29 is 4.79 Å². The highest BCUT2D eigenvalue weighted by Crippen LogP contribution is 2.36. The molecule has 1 aliphatic carbocycles. The molecule has 1 aliphatic heterocycles. The van der Waals surface area contributed by atoms with Gasteiger partial charge < -0.3 is 9.47 Å². The molecule has 2 aliphatic rings. The molecule has 0 saturated heterocycles. The molecule has 1 aromatic rings. The van der Waals surface area contributed by atoms with Gasteiger partial charge in [0.1, 0.15) is 10.4 Å². The van der Waals surface area contributed by atoms with Gasteiger partial charge in [0.2, 0.25) is 5.91 Å². The minimum Gasteiger partial charge on any atom is -0.330 e. The van der Waals surface area contributed by atoms with Gasteiger partial charge in [-0.1, -0.05) is 5.57 Å². The van der Waals surface area contributed by atoms with Gasteiger partial charge in [0, 0.05) is 19.2 Å². The summed E-state index contributed by atoms with van der Waals surface area (Å²) in [6.45, 7) is 4.25. The molecule has 3 rings (SSSR count). The third kappa shape index (κ3) is 2.23. The Morgan fingerprint density at radius 1 is 1.50 bits per heavy atom. The van der Waals surface area contributed by atoms with Crippen LogP contribution in [0.25, 0.3) is 0 Å². The molecule has 0 radical (unpaired) electrons. The first-order chi connectivity index (χ1) is 8.65. The van der Waals surface area contributed by atoms with Crippen molar-refractivity contribution in [3.05, 3.63) is 28.3 Å². The lowest BCUT2D eigenvalue weighted by Crippen LogP contribution is -2.37. The van der Waals surface area contributed by atoms with Crippen molar-refractivity contribution in [2.24, 2.45) is 5.92 Å². The van der Waals surface area contributed by atoms with E-state index < -0.39 is 0 Å². The smallest absolute Gasteiger partial charge is 0.246 e. The molecule has 0 atom stereocenters. The van der Waals surface area contributed by atoms with E-state index in [-0.39, 0.29) is 5.91 Å². The molecule has 5 heteroatoms. The Morgan fingerprint density at radius 2 is 2.28 bits per heavy atom. The number of allylic oxidation sites excluding steroid dienone is 1. The fourth-order valence-electron chi connectivity index (χ4n) is 2.35. The number of amides is 1. The van der Waals surface area contributed by atoms with E-state index in [9.17, 15) is 4.79 Å². The largest absolute Gasteiger partial charge is 0.330 e. The molecule has 0 N–H and O–H groups in total. The number of fused-ring (bicyclic) bond motifs is 1. The van der Waals surface area contributed by atoms with Crippen LogP contribution in [0.1, 0.15) is 25.6 Å². The van der Waals surface area contributed by atoms with Gasteiger partial charge in [-0.2, -0.15) is 0 Å². The number of carbonyl (C=O) groups is 1. The number of rotatable bonds is 2. The zero-order valence-electron chi connectivity index (χ0n) is 10.4. The Hall–Kier alpha value is -1.10. The second-order valence-electron chi connectivity index (χ2n) is 5.07. The number of nitrogens with zero attached hydrogens (tertiary/aromatic N) is 3. The monoisotopic (exact) mass is 309 g/mol. The average Bonchev–Trinajstić information content (AvgIpc) is 3.15. The lowest BCUT2D eigenvalue weighted by atomic mass is 10.2. The first-order valence-electron chi connectivity index (χ1n) is 6.32. The summed E-state index contributed by atoms with van der Waals surface area (Å²) in [5.74, 6) is 1.75. The molecular weight excluding hydrogens is 294 g/mol. The maximum Gasteiger partial charge on any atom is 0.246 e. The maximum absolute atomic E-state index is 12.2. The summed E-state index contributed by atoms with van der Waals surface area (Å²) in [6.07, 6.45) is 6.10. The standard InChI is InChI=1S/C13H16BrN3O/c1-9(10-2-3-10)6-13(18)16-4-5-17-11(14)7-15-12(17)8-16/h6-7,10H,2-5,8H2,1H3. The Balaban J connectivity index is 1.71. The number of imidazole rings is 1. The molecule has 1 saturated carbocycles. The predicted octanol–water partition coefficient (Wildman–Crippen LogP) is 2.34. The number of carbonyl (C=O) groups excluding carboxylic acids is 1. The second kappa shape index (κ2) is 4.53. The van der Waals surface area contributed by atoms with Gasteiger partial charge in [-0.15, -0.1) is 0 Å². The molecule has 0 unspecified atom stereocenters. The molecular formula is C13H16BrN3O. The van der Waals surface area contributed by atoms with Crippen LogP contribution < -0.4 is 0 Å². The quantitative estimate of drug-likeness (QED) is 0.787. The minimum absolute atomic E-state index is 0.129. The van der Waals surface area contributed by atoms with E-state index in [0.29, 0.717) is 12.5 Å². The third-order valence-electron chi connectivity index (χ3n) is 3.70. The van der Waals surface area contributed by atoms with E-state index in [0.717, 1.165) is 23.5 Å². The van der Waals surface area contributed by atoms with Crippen molar-refractivity contribution in [1.82, 2.24) is 14.5 Å². The lowest BCUT2D eigenvalue weighted by Gasteiger charge is -2.27. The van der Waals surface area contributed by atoms with Crippen LogP contribution in [0.4, 0.5) is 0 Å². The molecule has 18 heavy (non-hydrogen) atoms. The number of hydrogen-bond donors (Lipinski definition) is 0. The van der Waals surface area contributed by atoms with Gasteiger partial charge in [-0.3, -0.25) is 4.79 Å².